The number of carbonyl (C=O) groups is 2. The van der Waals surface area contributed by atoms with Crippen LogP contribution in [0.15, 0.2) is 29.2 Å². The Morgan fingerprint density at radius 2 is 2.09 bits per heavy atom. The van der Waals surface area contributed by atoms with Crippen LogP contribution in [-0.4, -0.2) is 50.6 Å². The van der Waals surface area contributed by atoms with Gasteiger partial charge in [-0.2, -0.15) is 0 Å². The van der Waals surface area contributed by atoms with Crippen LogP contribution < -0.4 is 4.74 Å². The number of aliphatic hydroxyl groups excluding tert-OH is 1. The number of aliphatic carboxylic acids is 1. The molecular formula is C15H15NO5S2. The number of carboxylic acid groups (broad SMARTS) is 1. The van der Waals surface area contributed by atoms with E-state index in [0.29, 0.717) is 15.0 Å². The second kappa shape index (κ2) is 7.58. The lowest BCUT2D eigenvalue weighted by molar-refractivity contribution is -0.144. The summed E-state index contributed by atoms with van der Waals surface area (Å²) in [6, 6.07) is 6.73. The molecule has 1 unspecified atom stereocenters. The first-order valence-electron chi connectivity index (χ1n) is 6.78. The minimum atomic E-state index is -1.04. The van der Waals surface area contributed by atoms with Crippen LogP contribution in [-0.2, 0) is 9.59 Å². The van der Waals surface area contributed by atoms with E-state index in [1.54, 1.807) is 30.3 Å². The molecule has 122 valence electrons. The van der Waals surface area contributed by atoms with Gasteiger partial charge in [-0.15, -0.1) is 0 Å². The van der Waals surface area contributed by atoms with Gasteiger partial charge in [-0.05, 0) is 30.7 Å². The Morgan fingerprint density at radius 1 is 1.43 bits per heavy atom. The van der Waals surface area contributed by atoms with Crippen LogP contribution >= 0.6 is 24.0 Å². The van der Waals surface area contributed by atoms with Gasteiger partial charge in [-0.25, -0.2) is 4.79 Å². The smallest absolute Gasteiger partial charge is 0.344 e. The molecule has 0 aliphatic carbocycles. The van der Waals surface area contributed by atoms with Gasteiger partial charge in [-0.3, -0.25) is 9.69 Å². The van der Waals surface area contributed by atoms with Crippen molar-refractivity contribution >= 4 is 46.3 Å². The Bertz CT molecular complexity index is 656. The molecule has 8 heteroatoms. The molecule has 0 bridgehead atoms. The number of hydrogen-bond acceptors (Lipinski definition) is 6. The number of nitrogens with zero attached hydrogens (tertiary/aromatic N) is 1. The molecule has 1 atom stereocenters. The van der Waals surface area contributed by atoms with Crippen LogP contribution in [0.3, 0.4) is 0 Å². The summed E-state index contributed by atoms with van der Waals surface area (Å²) in [6.45, 7) is 1.48. The van der Waals surface area contributed by atoms with E-state index in [-0.39, 0.29) is 19.1 Å². The molecule has 0 aromatic heterocycles. The average Bonchev–Trinajstić information content (AvgIpc) is 2.77. The maximum absolute atomic E-state index is 12.1. The molecule has 2 N–H and O–H groups in total. The molecule has 0 spiro atoms. The van der Waals surface area contributed by atoms with Gasteiger partial charge in [-0.1, -0.05) is 36.1 Å². The van der Waals surface area contributed by atoms with Crippen LogP contribution in [0.5, 0.6) is 5.75 Å². The fourth-order valence-electron chi connectivity index (χ4n) is 1.84. The zero-order valence-electron chi connectivity index (χ0n) is 12.3. The van der Waals surface area contributed by atoms with Gasteiger partial charge in [0.05, 0.1) is 18.1 Å². The third kappa shape index (κ3) is 4.31. The average molecular weight is 353 g/mol. The van der Waals surface area contributed by atoms with E-state index in [9.17, 15) is 9.59 Å². The molecule has 1 aliphatic rings. The normalized spacial score (nSPS) is 17.7. The molecule has 1 saturated heterocycles. The molecule has 0 saturated carbocycles. The van der Waals surface area contributed by atoms with Crippen molar-refractivity contribution in [2.45, 2.75) is 13.0 Å². The standard InChI is InChI=1S/C15H15NO5S2/c1-9(14(19)20)21-11-4-2-10(3-5-11)8-12-13(18)16(6-7-17)15(22)23-12/h2-5,8-9,17H,6-7H2,1H3,(H,19,20)/b12-8-. The number of amides is 1. The highest BCUT2D eigenvalue weighted by Crippen LogP contribution is 2.32. The fourth-order valence-corrected chi connectivity index (χ4v) is 3.15. The lowest BCUT2D eigenvalue weighted by atomic mass is 10.2. The molecule has 1 aromatic carbocycles. The van der Waals surface area contributed by atoms with E-state index in [0.717, 1.165) is 5.56 Å². The zero-order chi connectivity index (χ0) is 17.0. The minimum absolute atomic E-state index is 0.145. The van der Waals surface area contributed by atoms with Gasteiger partial charge < -0.3 is 14.9 Å². The lowest BCUT2D eigenvalue weighted by Crippen LogP contribution is -2.30. The second-order valence-electron chi connectivity index (χ2n) is 4.72. The number of β-amino-alcohol motifs (C(OH)–C–C–N with tert-alkyl or cyclic N) is 1. The van der Waals surface area contributed by atoms with Crippen molar-refractivity contribution in [1.29, 1.82) is 0 Å². The first-order valence-corrected chi connectivity index (χ1v) is 8.00. The summed E-state index contributed by atoms with van der Waals surface area (Å²) in [6.07, 6.45) is 0.761. The summed E-state index contributed by atoms with van der Waals surface area (Å²) in [5.74, 6) is -0.833. The Morgan fingerprint density at radius 3 is 2.65 bits per heavy atom. The van der Waals surface area contributed by atoms with E-state index in [2.05, 4.69) is 0 Å². The lowest BCUT2D eigenvalue weighted by Gasteiger charge is -2.11. The number of carbonyl (C=O) groups excluding carboxylic acids is 1. The summed E-state index contributed by atoms with van der Waals surface area (Å²) in [5, 5.41) is 17.7. The van der Waals surface area contributed by atoms with Gasteiger partial charge in [0.25, 0.3) is 5.91 Å². The van der Waals surface area contributed by atoms with Crippen molar-refractivity contribution in [2.24, 2.45) is 0 Å². The number of benzene rings is 1. The van der Waals surface area contributed by atoms with Gasteiger partial charge >= 0.3 is 5.97 Å². The van der Waals surface area contributed by atoms with E-state index >= 15 is 0 Å². The Kier molecular flexibility index (Phi) is 5.75. The molecule has 1 aromatic rings. The Labute approximate surface area is 142 Å². The van der Waals surface area contributed by atoms with Crippen molar-refractivity contribution in [3.05, 3.63) is 34.7 Å². The number of aliphatic hydroxyl groups is 1. The first kappa shape index (κ1) is 17.5. The predicted molar refractivity (Wildman–Crippen MR) is 91.1 cm³/mol. The third-order valence-corrected chi connectivity index (χ3v) is 4.41. The van der Waals surface area contributed by atoms with Gasteiger partial charge in [0.2, 0.25) is 0 Å². The number of rotatable bonds is 6. The molecular weight excluding hydrogens is 338 g/mol. The SMILES string of the molecule is CC(Oc1ccc(/C=C2\SC(=S)N(CCO)C2=O)cc1)C(=O)O. The Hall–Kier alpha value is -1.90. The van der Waals surface area contributed by atoms with Crippen molar-refractivity contribution in [1.82, 2.24) is 4.90 Å². The predicted octanol–water partition coefficient (Wildman–Crippen LogP) is 1.73. The van der Waals surface area contributed by atoms with Crippen molar-refractivity contribution < 1.29 is 24.5 Å². The molecule has 1 aliphatic heterocycles. The highest BCUT2D eigenvalue weighted by Gasteiger charge is 2.31. The van der Waals surface area contributed by atoms with Gasteiger partial charge in [0.1, 0.15) is 10.1 Å². The largest absolute Gasteiger partial charge is 0.479 e. The first-order chi connectivity index (χ1) is 10.9. The number of ether oxygens (including phenoxy) is 1. The fraction of sp³-hybridized carbons (Fsp3) is 0.267. The molecule has 1 amide bonds. The molecule has 2 rings (SSSR count). The molecule has 23 heavy (non-hydrogen) atoms. The molecule has 0 radical (unpaired) electrons. The maximum Gasteiger partial charge on any atom is 0.344 e. The summed E-state index contributed by atoms with van der Waals surface area (Å²) in [4.78, 5) is 24.7. The van der Waals surface area contributed by atoms with E-state index in [4.69, 9.17) is 27.2 Å². The molecule has 1 heterocycles. The van der Waals surface area contributed by atoms with Crippen LogP contribution in [0.1, 0.15) is 12.5 Å². The second-order valence-corrected chi connectivity index (χ2v) is 6.40. The minimum Gasteiger partial charge on any atom is -0.479 e. The zero-order valence-corrected chi connectivity index (χ0v) is 13.9. The van der Waals surface area contributed by atoms with Gasteiger partial charge in [0.15, 0.2) is 6.10 Å². The summed E-state index contributed by atoms with van der Waals surface area (Å²) in [7, 11) is 0. The third-order valence-electron chi connectivity index (χ3n) is 3.04. The number of carboxylic acids is 1. The topological polar surface area (TPSA) is 87.1 Å². The van der Waals surface area contributed by atoms with Crippen LogP contribution in [0.2, 0.25) is 0 Å². The number of hydrogen-bond donors (Lipinski definition) is 2. The molecule has 6 nitrogen and oxygen atoms in total. The summed E-state index contributed by atoms with van der Waals surface area (Å²) < 4.78 is 5.66. The van der Waals surface area contributed by atoms with Crippen molar-refractivity contribution in [3.8, 4) is 5.75 Å². The number of thioether (sulfide) groups is 1. The van der Waals surface area contributed by atoms with Gasteiger partial charge in [0, 0.05) is 0 Å². The number of thiocarbonyl (C=S) groups is 1. The Balaban J connectivity index is 2.10. The van der Waals surface area contributed by atoms with Crippen LogP contribution in [0, 0.1) is 0 Å². The van der Waals surface area contributed by atoms with Crippen LogP contribution in [0.4, 0.5) is 0 Å². The monoisotopic (exact) mass is 353 g/mol. The molecule has 1 fully saturated rings. The summed E-state index contributed by atoms with van der Waals surface area (Å²) >= 11 is 6.29. The summed E-state index contributed by atoms with van der Waals surface area (Å²) in [5.41, 5.74) is 0.768. The van der Waals surface area contributed by atoms with E-state index in [1.807, 2.05) is 0 Å². The quantitative estimate of drug-likeness (QED) is 0.595. The highest BCUT2D eigenvalue weighted by atomic mass is 32.2. The van der Waals surface area contributed by atoms with E-state index < -0.39 is 12.1 Å². The van der Waals surface area contributed by atoms with Crippen molar-refractivity contribution in [2.75, 3.05) is 13.2 Å². The van der Waals surface area contributed by atoms with E-state index in [1.165, 1.54) is 23.6 Å². The van der Waals surface area contributed by atoms with Crippen LogP contribution in [0.25, 0.3) is 6.08 Å². The highest BCUT2D eigenvalue weighted by molar-refractivity contribution is 8.26. The van der Waals surface area contributed by atoms with Crippen molar-refractivity contribution in [3.63, 3.8) is 0 Å². The maximum atomic E-state index is 12.1.